The van der Waals surface area contributed by atoms with Gasteiger partial charge in [-0.25, -0.2) is 14.0 Å². The van der Waals surface area contributed by atoms with E-state index in [1.54, 1.807) is 0 Å². The minimum absolute atomic E-state index is 0.00195. The van der Waals surface area contributed by atoms with Crippen molar-refractivity contribution in [1.29, 1.82) is 0 Å². The number of anilines is 1. The number of ether oxygens (including phenoxy) is 2. The Bertz CT molecular complexity index is 509. The van der Waals surface area contributed by atoms with Crippen LogP contribution in [0.15, 0.2) is 18.2 Å². The van der Waals surface area contributed by atoms with Crippen LogP contribution in [0.5, 0.6) is 0 Å². The normalized spacial score (nSPS) is 11.8. The molecule has 1 unspecified atom stereocenters. The maximum Gasteiger partial charge on any atom is 0.337 e. The fourth-order valence-corrected chi connectivity index (χ4v) is 1.57. The summed E-state index contributed by atoms with van der Waals surface area (Å²) in [6, 6.07) is 2.45. The van der Waals surface area contributed by atoms with Crippen molar-refractivity contribution < 1.29 is 28.6 Å². The first-order valence-electron chi connectivity index (χ1n) is 6.07. The molecular weight excluding hydrogens is 283 g/mol. The number of hydrogen-bond acceptors (Lipinski definition) is 4. The van der Waals surface area contributed by atoms with Crippen LogP contribution in [-0.4, -0.2) is 50.6 Å². The second-order valence-corrected chi connectivity index (χ2v) is 4.14. The van der Waals surface area contributed by atoms with Crippen LogP contribution in [0.3, 0.4) is 0 Å². The zero-order valence-corrected chi connectivity index (χ0v) is 11.7. The van der Waals surface area contributed by atoms with Crippen LogP contribution in [0.1, 0.15) is 10.4 Å². The highest BCUT2D eigenvalue weighted by Crippen LogP contribution is 2.16. The topological polar surface area (TPSA) is 96.9 Å². The van der Waals surface area contributed by atoms with E-state index < -0.39 is 17.8 Å². The maximum atomic E-state index is 13.0. The third kappa shape index (κ3) is 5.36. The molecule has 1 aromatic carbocycles. The maximum absolute atomic E-state index is 13.0. The second kappa shape index (κ2) is 8.18. The van der Waals surface area contributed by atoms with Gasteiger partial charge in [-0.3, -0.25) is 0 Å². The van der Waals surface area contributed by atoms with Crippen LogP contribution >= 0.6 is 0 Å². The van der Waals surface area contributed by atoms with Crippen molar-refractivity contribution in [2.45, 2.75) is 6.10 Å². The molecule has 0 spiro atoms. The first-order valence-corrected chi connectivity index (χ1v) is 6.07. The Balaban J connectivity index is 2.65. The number of benzene rings is 1. The Morgan fingerprint density at radius 2 is 2.10 bits per heavy atom. The average Bonchev–Trinajstić information content (AvgIpc) is 2.45. The van der Waals surface area contributed by atoms with E-state index in [9.17, 15) is 14.0 Å². The molecular formula is C13H17FN2O5. The number of carboxylic acid groups (broad SMARTS) is 1. The van der Waals surface area contributed by atoms with Gasteiger partial charge in [-0.05, 0) is 18.2 Å². The molecule has 21 heavy (non-hydrogen) atoms. The smallest absolute Gasteiger partial charge is 0.337 e. The van der Waals surface area contributed by atoms with Crippen molar-refractivity contribution in [2.75, 3.05) is 32.7 Å². The summed E-state index contributed by atoms with van der Waals surface area (Å²) in [4.78, 5) is 22.7. The summed E-state index contributed by atoms with van der Waals surface area (Å²) < 4.78 is 23.0. The predicted octanol–water partition coefficient (Wildman–Crippen LogP) is 1.31. The van der Waals surface area contributed by atoms with Gasteiger partial charge in [-0.15, -0.1) is 0 Å². The molecule has 0 saturated heterocycles. The van der Waals surface area contributed by atoms with Gasteiger partial charge < -0.3 is 25.2 Å². The molecule has 2 amide bonds. The number of hydrogen-bond donors (Lipinski definition) is 3. The van der Waals surface area contributed by atoms with Gasteiger partial charge in [-0.2, -0.15) is 0 Å². The highest BCUT2D eigenvalue weighted by atomic mass is 19.1. The Kier molecular flexibility index (Phi) is 6.57. The molecule has 0 aliphatic carbocycles. The van der Waals surface area contributed by atoms with Crippen molar-refractivity contribution in [3.05, 3.63) is 29.6 Å². The number of halogens is 1. The standard InChI is InChI=1S/C13H17FN2O5/c1-20-7-9(21-2)6-15-13(19)16-11-4-3-8(14)5-10(11)12(17)18/h3-5,9H,6-7H2,1-2H3,(H,17,18)(H2,15,16,19). The van der Waals surface area contributed by atoms with E-state index in [1.807, 2.05) is 0 Å². The van der Waals surface area contributed by atoms with Crippen molar-refractivity contribution >= 4 is 17.7 Å². The molecule has 3 N–H and O–H groups in total. The van der Waals surface area contributed by atoms with Gasteiger partial charge in [0.1, 0.15) is 5.82 Å². The van der Waals surface area contributed by atoms with E-state index in [4.69, 9.17) is 14.6 Å². The van der Waals surface area contributed by atoms with E-state index in [1.165, 1.54) is 20.3 Å². The van der Waals surface area contributed by atoms with Crippen LogP contribution in [0.4, 0.5) is 14.9 Å². The van der Waals surface area contributed by atoms with Gasteiger partial charge in [0.15, 0.2) is 0 Å². The zero-order valence-electron chi connectivity index (χ0n) is 11.7. The monoisotopic (exact) mass is 300 g/mol. The third-order valence-electron chi connectivity index (χ3n) is 2.64. The molecule has 0 aliphatic heterocycles. The fourth-order valence-electron chi connectivity index (χ4n) is 1.57. The van der Waals surface area contributed by atoms with Crippen molar-refractivity contribution in [1.82, 2.24) is 5.32 Å². The molecule has 1 atom stereocenters. The van der Waals surface area contributed by atoms with Gasteiger partial charge in [-0.1, -0.05) is 0 Å². The number of aromatic carboxylic acids is 1. The van der Waals surface area contributed by atoms with E-state index in [0.717, 1.165) is 12.1 Å². The van der Waals surface area contributed by atoms with E-state index in [-0.39, 0.29) is 23.9 Å². The van der Waals surface area contributed by atoms with Gasteiger partial charge in [0.05, 0.1) is 24.0 Å². The number of rotatable bonds is 7. The van der Waals surface area contributed by atoms with Crippen LogP contribution < -0.4 is 10.6 Å². The zero-order chi connectivity index (χ0) is 15.8. The third-order valence-corrected chi connectivity index (χ3v) is 2.64. The van der Waals surface area contributed by atoms with Gasteiger partial charge in [0, 0.05) is 20.8 Å². The molecule has 7 nitrogen and oxygen atoms in total. The number of amides is 2. The number of urea groups is 1. The predicted molar refractivity (Wildman–Crippen MR) is 73.1 cm³/mol. The van der Waals surface area contributed by atoms with Gasteiger partial charge in [0.25, 0.3) is 0 Å². The lowest BCUT2D eigenvalue weighted by molar-refractivity contribution is 0.0307. The number of carbonyl (C=O) groups is 2. The average molecular weight is 300 g/mol. The van der Waals surface area contributed by atoms with Gasteiger partial charge >= 0.3 is 12.0 Å². The molecule has 0 aromatic heterocycles. The van der Waals surface area contributed by atoms with Crippen molar-refractivity contribution in [2.24, 2.45) is 0 Å². The summed E-state index contributed by atoms with van der Waals surface area (Å²) >= 11 is 0. The molecule has 1 aromatic rings. The lowest BCUT2D eigenvalue weighted by atomic mass is 10.2. The number of carbonyl (C=O) groups excluding carboxylic acids is 1. The molecule has 0 heterocycles. The summed E-state index contributed by atoms with van der Waals surface area (Å²) in [5.74, 6) is -2.03. The Morgan fingerprint density at radius 1 is 1.38 bits per heavy atom. The van der Waals surface area contributed by atoms with Crippen LogP contribution in [-0.2, 0) is 9.47 Å². The summed E-state index contributed by atoms with van der Waals surface area (Å²) in [7, 11) is 2.98. The molecule has 0 radical (unpaired) electrons. The molecule has 0 fully saturated rings. The van der Waals surface area contributed by atoms with Crippen molar-refractivity contribution in [3.63, 3.8) is 0 Å². The lowest BCUT2D eigenvalue weighted by Gasteiger charge is -2.15. The fraction of sp³-hybridized carbons (Fsp3) is 0.385. The highest BCUT2D eigenvalue weighted by Gasteiger charge is 2.14. The largest absolute Gasteiger partial charge is 0.478 e. The summed E-state index contributed by atoms with van der Waals surface area (Å²) in [5.41, 5.74) is -0.326. The number of nitrogens with one attached hydrogen (secondary N) is 2. The Hall–Kier alpha value is -2.19. The Morgan fingerprint density at radius 3 is 2.67 bits per heavy atom. The van der Waals surface area contributed by atoms with Crippen LogP contribution in [0.25, 0.3) is 0 Å². The van der Waals surface area contributed by atoms with Crippen LogP contribution in [0, 0.1) is 5.82 Å². The van der Waals surface area contributed by atoms with E-state index >= 15 is 0 Å². The van der Waals surface area contributed by atoms with E-state index in [2.05, 4.69) is 10.6 Å². The second-order valence-electron chi connectivity index (χ2n) is 4.14. The molecule has 1 rings (SSSR count). The molecule has 0 saturated carbocycles. The molecule has 0 aliphatic rings. The Labute approximate surface area is 121 Å². The highest BCUT2D eigenvalue weighted by molar-refractivity contribution is 5.99. The molecule has 116 valence electrons. The summed E-state index contributed by atoms with van der Waals surface area (Å²) in [6.45, 7) is 0.480. The van der Waals surface area contributed by atoms with Gasteiger partial charge in [0.2, 0.25) is 0 Å². The first kappa shape index (κ1) is 16.9. The van der Waals surface area contributed by atoms with Crippen LogP contribution in [0.2, 0.25) is 0 Å². The minimum atomic E-state index is -1.33. The summed E-state index contributed by atoms with van der Waals surface area (Å²) in [6.07, 6.45) is -0.326. The minimum Gasteiger partial charge on any atom is -0.478 e. The van der Waals surface area contributed by atoms with E-state index in [0.29, 0.717) is 6.61 Å². The lowest BCUT2D eigenvalue weighted by Crippen LogP contribution is -2.38. The quantitative estimate of drug-likeness (QED) is 0.705. The molecule has 0 bridgehead atoms. The molecule has 8 heteroatoms. The first-order chi connectivity index (χ1) is 9.97. The number of methoxy groups -OCH3 is 2. The van der Waals surface area contributed by atoms with Crippen molar-refractivity contribution in [3.8, 4) is 0 Å². The summed E-state index contributed by atoms with van der Waals surface area (Å²) in [5, 5.41) is 13.8. The SMILES string of the molecule is COCC(CNC(=O)Nc1ccc(F)cc1C(=O)O)OC. The number of carboxylic acids is 1.